The topological polar surface area (TPSA) is 52.0 Å². The van der Waals surface area contributed by atoms with Gasteiger partial charge in [0.1, 0.15) is 5.75 Å². The van der Waals surface area contributed by atoms with Crippen LogP contribution in [-0.2, 0) is 13.1 Å². The lowest BCUT2D eigenvalue weighted by atomic mass is 10.2. The molecular formula is C12H13F3N4O. The average molecular weight is 286 g/mol. The number of benzene rings is 1. The van der Waals surface area contributed by atoms with Gasteiger partial charge in [0, 0.05) is 6.54 Å². The maximum Gasteiger partial charge on any atom is 0.573 e. The van der Waals surface area contributed by atoms with Crippen LogP contribution in [0.1, 0.15) is 11.3 Å². The van der Waals surface area contributed by atoms with Crippen LogP contribution in [0.15, 0.2) is 30.5 Å². The normalized spacial score (nSPS) is 11.6. The highest BCUT2D eigenvalue weighted by Crippen LogP contribution is 2.22. The molecule has 0 saturated carbocycles. The molecule has 5 nitrogen and oxygen atoms in total. The molecule has 0 radical (unpaired) electrons. The van der Waals surface area contributed by atoms with Gasteiger partial charge in [-0.05, 0) is 24.7 Å². The van der Waals surface area contributed by atoms with Crippen molar-refractivity contribution in [3.63, 3.8) is 0 Å². The van der Waals surface area contributed by atoms with Gasteiger partial charge in [0.05, 0.1) is 18.4 Å². The van der Waals surface area contributed by atoms with E-state index in [0.29, 0.717) is 13.1 Å². The summed E-state index contributed by atoms with van der Waals surface area (Å²) >= 11 is 0. The van der Waals surface area contributed by atoms with Crippen LogP contribution in [0.2, 0.25) is 0 Å². The van der Waals surface area contributed by atoms with E-state index in [0.717, 1.165) is 11.3 Å². The highest BCUT2D eigenvalue weighted by molar-refractivity contribution is 5.27. The number of hydrogen-bond acceptors (Lipinski definition) is 4. The zero-order chi connectivity index (χ0) is 14.6. The van der Waals surface area contributed by atoms with Gasteiger partial charge in [-0.25, -0.2) is 4.68 Å². The molecule has 1 aromatic heterocycles. The predicted molar refractivity (Wildman–Crippen MR) is 65.0 cm³/mol. The highest BCUT2D eigenvalue weighted by atomic mass is 19.4. The van der Waals surface area contributed by atoms with Crippen molar-refractivity contribution in [2.45, 2.75) is 19.5 Å². The summed E-state index contributed by atoms with van der Waals surface area (Å²) in [5.41, 5.74) is 1.60. The molecule has 0 bridgehead atoms. The van der Waals surface area contributed by atoms with Crippen LogP contribution < -0.4 is 10.1 Å². The Balaban J connectivity index is 1.99. The first-order valence-electron chi connectivity index (χ1n) is 5.84. The minimum Gasteiger partial charge on any atom is -0.406 e. The van der Waals surface area contributed by atoms with Crippen molar-refractivity contribution in [2.24, 2.45) is 0 Å². The van der Waals surface area contributed by atoms with Gasteiger partial charge in [-0.2, -0.15) is 0 Å². The fourth-order valence-corrected chi connectivity index (χ4v) is 1.66. The SMILES string of the molecule is CNCc1cn(Cc2ccc(OC(F)(F)F)cc2)nn1. The molecule has 0 saturated heterocycles. The third kappa shape index (κ3) is 4.23. The van der Waals surface area contributed by atoms with Crippen LogP contribution in [0, 0.1) is 0 Å². The van der Waals surface area contributed by atoms with Gasteiger partial charge < -0.3 is 10.1 Å². The Morgan fingerprint density at radius 1 is 1.25 bits per heavy atom. The van der Waals surface area contributed by atoms with Crippen molar-refractivity contribution < 1.29 is 17.9 Å². The molecule has 1 N–H and O–H groups in total. The van der Waals surface area contributed by atoms with Crippen molar-refractivity contribution >= 4 is 0 Å². The standard InChI is InChI=1S/C12H13F3N4O/c1-16-6-10-8-19(18-17-10)7-9-2-4-11(5-3-9)20-12(13,14)15/h2-5,8,16H,6-7H2,1H3. The van der Waals surface area contributed by atoms with Crippen LogP contribution in [0.25, 0.3) is 0 Å². The molecule has 1 heterocycles. The summed E-state index contributed by atoms with van der Waals surface area (Å²) in [6.45, 7) is 1.04. The fraction of sp³-hybridized carbons (Fsp3) is 0.333. The summed E-state index contributed by atoms with van der Waals surface area (Å²) in [6.07, 6.45) is -2.90. The Morgan fingerprint density at radius 3 is 2.55 bits per heavy atom. The number of nitrogens with one attached hydrogen (secondary N) is 1. The molecule has 0 amide bonds. The minimum absolute atomic E-state index is 0.240. The number of alkyl halides is 3. The van der Waals surface area contributed by atoms with Crippen LogP contribution in [0.4, 0.5) is 13.2 Å². The van der Waals surface area contributed by atoms with Crippen LogP contribution in [0.5, 0.6) is 5.75 Å². The number of nitrogens with zero attached hydrogens (tertiary/aromatic N) is 3. The summed E-state index contributed by atoms with van der Waals surface area (Å²) < 4.78 is 41.5. The zero-order valence-corrected chi connectivity index (χ0v) is 10.7. The Hall–Kier alpha value is -2.09. The van der Waals surface area contributed by atoms with E-state index in [1.54, 1.807) is 30.1 Å². The number of ether oxygens (including phenoxy) is 1. The van der Waals surface area contributed by atoms with E-state index in [4.69, 9.17) is 0 Å². The van der Waals surface area contributed by atoms with E-state index in [2.05, 4.69) is 20.4 Å². The van der Waals surface area contributed by atoms with E-state index >= 15 is 0 Å². The summed E-state index contributed by atoms with van der Waals surface area (Å²) in [7, 11) is 1.80. The van der Waals surface area contributed by atoms with Crippen molar-refractivity contribution in [1.29, 1.82) is 0 Å². The van der Waals surface area contributed by atoms with Gasteiger partial charge >= 0.3 is 6.36 Å². The second kappa shape index (κ2) is 5.91. The number of rotatable bonds is 5. The minimum atomic E-state index is -4.67. The molecule has 0 fully saturated rings. The maximum atomic E-state index is 12.0. The fourth-order valence-electron chi connectivity index (χ4n) is 1.66. The molecule has 20 heavy (non-hydrogen) atoms. The van der Waals surface area contributed by atoms with Crippen molar-refractivity contribution in [3.05, 3.63) is 41.7 Å². The Morgan fingerprint density at radius 2 is 1.95 bits per heavy atom. The van der Waals surface area contributed by atoms with Crippen molar-refractivity contribution in [3.8, 4) is 5.75 Å². The molecule has 8 heteroatoms. The first kappa shape index (κ1) is 14.3. The molecule has 0 aliphatic heterocycles. The molecule has 0 unspecified atom stereocenters. The largest absolute Gasteiger partial charge is 0.573 e. The van der Waals surface area contributed by atoms with E-state index in [1.165, 1.54) is 12.1 Å². The summed E-state index contributed by atoms with van der Waals surface area (Å²) in [6, 6.07) is 5.66. The Labute approximate surface area is 113 Å². The quantitative estimate of drug-likeness (QED) is 0.912. The molecule has 108 valence electrons. The third-order valence-corrected chi connectivity index (χ3v) is 2.45. The number of hydrogen-bond donors (Lipinski definition) is 1. The van der Waals surface area contributed by atoms with Crippen LogP contribution in [-0.4, -0.2) is 28.4 Å². The van der Waals surface area contributed by atoms with Crippen molar-refractivity contribution in [2.75, 3.05) is 7.05 Å². The van der Waals surface area contributed by atoms with E-state index in [1.807, 2.05) is 0 Å². The predicted octanol–water partition coefficient (Wildman–Crippen LogP) is 1.94. The van der Waals surface area contributed by atoms with Gasteiger partial charge in [-0.15, -0.1) is 18.3 Å². The molecule has 0 aliphatic rings. The highest BCUT2D eigenvalue weighted by Gasteiger charge is 2.30. The molecule has 0 atom stereocenters. The number of aromatic nitrogens is 3. The van der Waals surface area contributed by atoms with Gasteiger partial charge in [0.25, 0.3) is 0 Å². The maximum absolute atomic E-state index is 12.0. The molecule has 2 aromatic rings. The average Bonchev–Trinajstić information content (AvgIpc) is 2.78. The van der Waals surface area contributed by atoms with Gasteiger partial charge in [0.15, 0.2) is 0 Å². The van der Waals surface area contributed by atoms with Crippen LogP contribution in [0.3, 0.4) is 0 Å². The van der Waals surface area contributed by atoms with Gasteiger partial charge in [0.2, 0.25) is 0 Å². The first-order valence-corrected chi connectivity index (χ1v) is 5.84. The second-order valence-electron chi connectivity index (χ2n) is 4.13. The van der Waals surface area contributed by atoms with E-state index in [9.17, 15) is 13.2 Å². The molecule has 0 spiro atoms. The summed E-state index contributed by atoms with van der Waals surface area (Å²) in [4.78, 5) is 0. The Bertz CT molecular complexity index is 551. The zero-order valence-electron chi connectivity index (χ0n) is 10.7. The molecule has 1 aromatic carbocycles. The number of halogens is 3. The lowest BCUT2D eigenvalue weighted by Gasteiger charge is -2.09. The van der Waals surface area contributed by atoms with Gasteiger partial charge in [-0.1, -0.05) is 17.3 Å². The van der Waals surface area contributed by atoms with E-state index in [-0.39, 0.29) is 5.75 Å². The lowest BCUT2D eigenvalue weighted by Crippen LogP contribution is -2.17. The van der Waals surface area contributed by atoms with Gasteiger partial charge in [-0.3, -0.25) is 0 Å². The molecular weight excluding hydrogens is 273 g/mol. The van der Waals surface area contributed by atoms with Crippen LogP contribution >= 0.6 is 0 Å². The lowest BCUT2D eigenvalue weighted by molar-refractivity contribution is -0.274. The smallest absolute Gasteiger partial charge is 0.406 e. The monoisotopic (exact) mass is 286 g/mol. The second-order valence-corrected chi connectivity index (χ2v) is 4.13. The summed E-state index contributed by atoms with van der Waals surface area (Å²) in [5, 5.41) is 10.8. The first-order chi connectivity index (χ1) is 9.46. The third-order valence-electron chi connectivity index (χ3n) is 2.45. The molecule has 0 aliphatic carbocycles. The van der Waals surface area contributed by atoms with Crippen molar-refractivity contribution in [1.82, 2.24) is 20.3 Å². The van der Waals surface area contributed by atoms with E-state index < -0.39 is 6.36 Å². The summed E-state index contributed by atoms with van der Waals surface area (Å²) in [5.74, 6) is -0.240. The Kier molecular flexibility index (Phi) is 4.23. The molecule has 2 rings (SSSR count).